The van der Waals surface area contributed by atoms with Crippen LogP contribution in [-0.4, -0.2) is 45.8 Å². The number of hydrogen-bond acceptors (Lipinski definition) is 4. The summed E-state index contributed by atoms with van der Waals surface area (Å²) in [7, 11) is 0. The Morgan fingerprint density at radius 1 is 1.11 bits per heavy atom. The number of nitrogens with one attached hydrogen (secondary N) is 1. The van der Waals surface area contributed by atoms with Gasteiger partial charge in [-0.05, 0) is 12.3 Å². The van der Waals surface area contributed by atoms with E-state index in [1.807, 2.05) is 13.8 Å². The molecule has 0 aliphatic carbocycles. The minimum atomic E-state index is -1.40. The molecule has 0 radical (unpaired) electrons. The fraction of sp³-hybridized carbons (Fsp3) is 0.727. The van der Waals surface area contributed by atoms with E-state index in [-0.39, 0.29) is 12.3 Å². The van der Waals surface area contributed by atoms with Crippen molar-refractivity contribution in [3.63, 3.8) is 0 Å². The number of rotatable bonds is 8. The molecule has 7 nitrogen and oxygen atoms in total. The highest BCUT2D eigenvalue weighted by atomic mass is 16.4. The molecule has 0 aromatic heterocycles. The Labute approximate surface area is 105 Å². The highest BCUT2D eigenvalue weighted by molar-refractivity contribution is 5.86. The largest absolute Gasteiger partial charge is 0.481 e. The molecule has 0 fully saturated rings. The molecule has 0 spiro atoms. The van der Waals surface area contributed by atoms with E-state index in [0.29, 0.717) is 6.42 Å². The van der Waals surface area contributed by atoms with Gasteiger partial charge in [-0.2, -0.15) is 0 Å². The van der Waals surface area contributed by atoms with Crippen molar-refractivity contribution in [2.75, 3.05) is 6.61 Å². The van der Waals surface area contributed by atoms with Crippen molar-refractivity contribution in [1.82, 2.24) is 5.32 Å². The molecule has 0 saturated carbocycles. The van der Waals surface area contributed by atoms with Gasteiger partial charge in [-0.25, -0.2) is 4.79 Å². The summed E-state index contributed by atoms with van der Waals surface area (Å²) in [5.41, 5.74) is 0. The lowest BCUT2D eigenvalue weighted by atomic mass is 9.94. The first-order valence-corrected chi connectivity index (χ1v) is 5.63. The predicted molar refractivity (Wildman–Crippen MR) is 61.9 cm³/mol. The molecule has 0 aromatic carbocycles. The second-order valence-electron chi connectivity index (χ2n) is 4.51. The van der Waals surface area contributed by atoms with E-state index >= 15 is 0 Å². The molecular weight excluding hydrogens is 242 g/mol. The van der Waals surface area contributed by atoms with Crippen molar-refractivity contribution in [1.29, 1.82) is 0 Å². The Balaban J connectivity index is 4.42. The molecule has 0 saturated heterocycles. The molecule has 0 heterocycles. The number of carboxylic acids is 2. The number of hydrogen-bond donors (Lipinski definition) is 4. The Morgan fingerprint density at radius 2 is 1.67 bits per heavy atom. The second kappa shape index (κ2) is 7.65. The van der Waals surface area contributed by atoms with Gasteiger partial charge >= 0.3 is 11.9 Å². The average molecular weight is 261 g/mol. The van der Waals surface area contributed by atoms with Gasteiger partial charge in [0.15, 0.2) is 0 Å². The summed E-state index contributed by atoms with van der Waals surface area (Å²) < 4.78 is 0. The Bertz CT molecular complexity index is 315. The molecule has 0 aromatic rings. The molecule has 7 heteroatoms. The van der Waals surface area contributed by atoms with Crippen molar-refractivity contribution in [2.24, 2.45) is 11.8 Å². The van der Waals surface area contributed by atoms with Crippen LogP contribution in [0.3, 0.4) is 0 Å². The summed E-state index contributed by atoms with van der Waals surface area (Å²) in [6.45, 7) is 2.94. The van der Waals surface area contributed by atoms with E-state index < -0.39 is 36.4 Å². The van der Waals surface area contributed by atoms with Crippen LogP contribution >= 0.6 is 0 Å². The minimum absolute atomic E-state index is 0.118. The molecule has 0 unspecified atom stereocenters. The fourth-order valence-electron chi connectivity index (χ4n) is 1.50. The zero-order valence-corrected chi connectivity index (χ0v) is 10.4. The lowest BCUT2D eigenvalue weighted by molar-refractivity contribution is -0.145. The van der Waals surface area contributed by atoms with E-state index in [9.17, 15) is 14.4 Å². The Morgan fingerprint density at radius 3 is 2.00 bits per heavy atom. The van der Waals surface area contributed by atoms with Crippen LogP contribution in [0.1, 0.15) is 26.7 Å². The predicted octanol–water partition coefficient (Wildman–Crippen LogP) is -0.315. The van der Waals surface area contributed by atoms with E-state index in [0.717, 1.165) is 0 Å². The van der Waals surface area contributed by atoms with Crippen LogP contribution in [0.15, 0.2) is 0 Å². The maximum absolute atomic E-state index is 11.5. The van der Waals surface area contributed by atoms with Gasteiger partial charge < -0.3 is 20.6 Å². The molecule has 0 aliphatic heterocycles. The molecule has 0 rings (SSSR count). The SMILES string of the molecule is CC(C)C[C@H](CC(=O)N[C@@H](CO)C(=O)O)C(=O)O. The minimum Gasteiger partial charge on any atom is -0.481 e. The van der Waals surface area contributed by atoms with Crippen molar-refractivity contribution in [3.8, 4) is 0 Å². The number of carboxylic acid groups (broad SMARTS) is 2. The van der Waals surface area contributed by atoms with Gasteiger partial charge in [0.2, 0.25) is 5.91 Å². The van der Waals surface area contributed by atoms with E-state index in [2.05, 4.69) is 5.32 Å². The van der Waals surface area contributed by atoms with Gasteiger partial charge in [-0.3, -0.25) is 9.59 Å². The number of aliphatic hydroxyl groups excluding tert-OH is 1. The molecule has 4 N–H and O–H groups in total. The lowest BCUT2D eigenvalue weighted by Crippen LogP contribution is -2.44. The number of carbonyl (C=O) groups excluding carboxylic acids is 1. The number of carbonyl (C=O) groups is 3. The quantitative estimate of drug-likeness (QED) is 0.475. The molecule has 18 heavy (non-hydrogen) atoms. The van der Waals surface area contributed by atoms with Crippen LogP contribution in [0.2, 0.25) is 0 Å². The first-order chi connectivity index (χ1) is 8.27. The van der Waals surface area contributed by atoms with Crippen molar-refractivity contribution in [2.45, 2.75) is 32.7 Å². The summed E-state index contributed by atoms with van der Waals surface area (Å²) in [5, 5.41) is 28.3. The number of amides is 1. The van der Waals surface area contributed by atoms with Crippen LogP contribution in [0.5, 0.6) is 0 Å². The smallest absolute Gasteiger partial charge is 0.328 e. The highest BCUT2D eigenvalue weighted by Gasteiger charge is 2.25. The molecule has 0 bridgehead atoms. The molecule has 1 amide bonds. The van der Waals surface area contributed by atoms with Gasteiger partial charge in [0.25, 0.3) is 0 Å². The number of aliphatic carboxylic acids is 2. The van der Waals surface area contributed by atoms with Gasteiger partial charge in [0.1, 0.15) is 6.04 Å². The van der Waals surface area contributed by atoms with Gasteiger partial charge in [0, 0.05) is 6.42 Å². The molecule has 0 aliphatic rings. The van der Waals surface area contributed by atoms with Crippen LogP contribution < -0.4 is 5.32 Å². The summed E-state index contributed by atoms with van der Waals surface area (Å²) in [6, 6.07) is -1.40. The Kier molecular flexibility index (Phi) is 6.96. The average Bonchev–Trinajstić information content (AvgIpc) is 2.23. The topological polar surface area (TPSA) is 124 Å². The van der Waals surface area contributed by atoms with Crippen molar-refractivity contribution < 1.29 is 29.7 Å². The summed E-state index contributed by atoms with van der Waals surface area (Å²) in [6.07, 6.45) is 0.0386. The maximum atomic E-state index is 11.5. The highest BCUT2D eigenvalue weighted by Crippen LogP contribution is 2.15. The second-order valence-corrected chi connectivity index (χ2v) is 4.51. The van der Waals surface area contributed by atoms with Crippen molar-refractivity contribution >= 4 is 17.8 Å². The summed E-state index contributed by atoms with van der Waals surface area (Å²) in [5.74, 6) is -3.87. The Hall–Kier alpha value is -1.63. The van der Waals surface area contributed by atoms with Crippen molar-refractivity contribution in [3.05, 3.63) is 0 Å². The zero-order valence-electron chi connectivity index (χ0n) is 10.4. The van der Waals surface area contributed by atoms with Gasteiger partial charge in [0.05, 0.1) is 12.5 Å². The lowest BCUT2D eigenvalue weighted by Gasteiger charge is -2.16. The number of aliphatic hydroxyl groups is 1. The van der Waals surface area contributed by atoms with Crippen LogP contribution in [0, 0.1) is 11.8 Å². The van der Waals surface area contributed by atoms with Crippen LogP contribution in [0.25, 0.3) is 0 Å². The third-order valence-corrected chi connectivity index (χ3v) is 2.35. The van der Waals surface area contributed by atoms with E-state index in [1.54, 1.807) is 0 Å². The van der Waals surface area contributed by atoms with E-state index in [1.165, 1.54) is 0 Å². The summed E-state index contributed by atoms with van der Waals surface area (Å²) >= 11 is 0. The van der Waals surface area contributed by atoms with Gasteiger partial charge in [-0.1, -0.05) is 13.8 Å². The van der Waals surface area contributed by atoms with E-state index in [4.69, 9.17) is 15.3 Å². The molecular formula is C11H19NO6. The first-order valence-electron chi connectivity index (χ1n) is 5.63. The molecule has 2 atom stereocenters. The monoisotopic (exact) mass is 261 g/mol. The van der Waals surface area contributed by atoms with Crippen LogP contribution in [-0.2, 0) is 14.4 Å². The van der Waals surface area contributed by atoms with Crippen LogP contribution in [0.4, 0.5) is 0 Å². The zero-order chi connectivity index (χ0) is 14.3. The summed E-state index contributed by atoms with van der Waals surface area (Å²) in [4.78, 5) is 33.0. The third kappa shape index (κ3) is 6.19. The van der Waals surface area contributed by atoms with Gasteiger partial charge in [-0.15, -0.1) is 0 Å². The maximum Gasteiger partial charge on any atom is 0.328 e. The fourth-order valence-corrected chi connectivity index (χ4v) is 1.50. The first kappa shape index (κ1) is 16.4. The third-order valence-electron chi connectivity index (χ3n) is 2.35. The normalized spacial score (nSPS) is 14.0. The molecule has 104 valence electrons. The standard InChI is InChI=1S/C11H19NO6/c1-6(2)3-7(10(15)16)4-9(14)12-8(5-13)11(17)18/h6-8,13H,3-5H2,1-2H3,(H,12,14)(H,15,16)(H,17,18)/t7-,8+/m1/s1.